The Balaban J connectivity index is 1.45. The standard InChI is InChI=1S/C26H22ClFN2O5/c1-2-30-18(13-15-6-3-4-9-20(15)30)14-35-21-11-10-19(22(27)23(21)28)25(32)29-17-8-5-7-16(12-17)24(31)26(33)34/h3-12,18H,2,13-14H2,1H3,(H,29,32)(H,33,34)/t18-/m1/s1. The Morgan fingerprint density at radius 3 is 2.66 bits per heavy atom. The van der Waals surface area contributed by atoms with Gasteiger partial charge in [0.15, 0.2) is 11.6 Å². The number of amides is 1. The van der Waals surface area contributed by atoms with Crippen LogP contribution in [0.4, 0.5) is 15.8 Å². The molecule has 1 aliphatic heterocycles. The average molecular weight is 497 g/mol. The second kappa shape index (κ2) is 10.1. The zero-order chi connectivity index (χ0) is 25.1. The van der Waals surface area contributed by atoms with Crippen LogP contribution in [0.3, 0.4) is 0 Å². The number of anilines is 2. The third kappa shape index (κ3) is 4.97. The van der Waals surface area contributed by atoms with Crippen LogP contribution in [0, 0.1) is 5.82 Å². The molecule has 1 amide bonds. The highest BCUT2D eigenvalue weighted by atomic mass is 35.5. The van der Waals surface area contributed by atoms with Crippen LogP contribution < -0.4 is 15.0 Å². The Labute approximate surface area is 206 Å². The molecule has 0 bridgehead atoms. The van der Waals surface area contributed by atoms with Gasteiger partial charge in [0.1, 0.15) is 6.61 Å². The van der Waals surface area contributed by atoms with Gasteiger partial charge in [-0.2, -0.15) is 0 Å². The summed E-state index contributed by atoms with van der Waals surface area (Å²) in [6.45, 7) is 3.07. The number of carbonyl (C=O) groups excluding carboxylic acids is 2. The van der Waals surface area contributed by atoms with E-state index in [1.165, 1.54) is 42.0 Å². The first-order chi connectivity index (χ1) is 16.8. The van der Waals surface area contributed by atoms with E-state index in [1.54, 1.807) is 0 Å². The van der Waals surface area contributed by atoms with Crippen LogP contribution in [-0.2, 0) is 11.2 Å². The Bertz CT molecular complexity index is 1310. The molecule has 4 rings (SSSR count). The molecule has 0 aromatic heterocycles. The quantitative estimate of drug-likeness (QED) is 0.342. The van der Waals surface area contributed by atoms with E-state index in [1.807, 2.05) is 19.1 Å². The highest BCUT2D eigenvalue weighted by Gasteiger charge is 2.29. The normalized spacial score (nSPS) is 14.4. The Hall–Kier alpha value is -3.91. The minimum atomic E-state index is -1.61. The maximum absolute atomic E-state index is 15.0. The van der Waals surface area contributed by atoms with Crippen molar-refractivity contribution in [1.82, 2.24) is 0 Å². The van der Waals surface area contributed by atoms with Crippen molar-refractivity contribution in [1.29, 1.82) is 0 Å². The summed E-state index contributed by atoms with van der Waals surface area (Å²) in [6, 6.07) is 16.2. The third-order valence-corrected chi connectivity index (χ3v) is 6.21. The van der Waals surface area contributed by atoms with Crippen LogP contribution >= 0.6 is 11.6 Å². The highest BCUT2D eigenvalue weighted by Crippen LogP contribution is 2.33. The van der Waals surface area contributed by atoms with Gasteiger partial charge in [0.05, 0.1) is 16.6 Å². The number of nitrogens with one attached hydrogen (secondary N) is 1. The third-order valence-electron chi connectivity index (χ3n) is 5.84. The summed E-state index contributed by atoms with van der Waals surface area (Å²) in [5.41, 5.74) is 2.28. The van der Waals surface area contributed by atoms with Crippen molar-refractivity contribution < 1.29 is 28.6 Å². The molecule has 0 saturated heterocycles. The molecule has 0 radical (unpaired) electrons. The number of fused-ring (bicyclic) bond motifs is 1. The predicted molar refractivity (Wildman–Crippen MR) is 130 cm³/mol. The van der Waals surface area contributed by atoms with Crippen LogP contribution in [0.25, 0.3) is 0 Å². The number of Topliss-reactive ketones (excluding diaryl/α,β-unsaturated/α-hetero) is 1. The summed E-state index contributed by atoms with van der Waals surface area (Å²) in [6.07, 6.45) is 0.781. The topological polar surface area (TPSA) is 95.9 Å². The smallest absolute Gasteiger partial charge is 0.377 e. The molecule has 0 unspecified atom stereocenters. The molecule has 0 spiro atoms. The van der Waals surface area contributed by atoms with Crippen molar-refractivity contribution in [3.8, 4) is 5.75 Å². The first-order valence-corrected chi connectivity index (χ1v) is 11.3. The number of carboxylic acids is 1. The lowest BCUT2D eigenvalue weighted by molar-refractivity contribution is -0.131. The number of nitrogens with zero attached hydrogens (tertiary/aromatic N) is 1. The fourth-order valence-electron chi connectivity index (χ4n) is 4.17. The number of hydrogen-bond donors (Lipinski definition) is 2. The molecule has 2 N–H and O–H groups in total. The second-order valence-corrected chi connectivity index (χ2v) is 8.37. The first-order valence-electron chi connectivity index (χ1n) is 10.9. The van der Waals surface area contributed by atoms with Gasteiger partial charge in [-0.3, -0.25) is 9.59 Å². The number of ketones is 1. The fourth-order valence-corrected chi connectivity index (χ4v) is 4.41. The van der Waals surface area contributed by atoms with E-state index in [-0.39, 0.29) is 35.2 Å². The largest absolute Gasteiger partial charge is 0.488 e. The van der Waals surface area contributed by atoms with Crippen molar-refractivity contribution in [2.45, 2.75) is 19.4 Å². The monoisotopic (exact) mass is 496 g/mol. The highest BCUT2D eigenvalue weighted by molar-refractivity contribution is 6.40. The number of halogens is 2. The number of hydrogen-bond acceptors (Lipinski definition) is 5. The molecule has 3 aromatic carbocycles. The minimum Gasteiger partial charge on any atom is -0.488 e. The lowest BCUT2D eigenvalue weighted by Gasteiger charge is -2.26. The van der Waals surface area contributed by atoms with Gasteiger partial charge < -0.3 is 20.1 Å². The number of benzene rings is 3. The van der Waals surface area contributed by atoms with Crippen LogP contribution in [0.15, 0.2) is 60.7 Å². The van der Waals surface area contributed by atoms with Gasteiger partial charge >= 0.3 is 5.97 Å². The number of para-hydroxylation sites is 1. The van der Waals surface area contributed by atoms with Gasteiger partial charge in [-0.25, -0.2) is 9.18 Å². The number of rotatable bonds is 8. The van der Waals surface area contributed by atoms with Gasteiger partial charge in [-0.05, 0) is 49.2 Å². The maximum atomic E-state index is 15.0. The summed E-state index contributed by atoms with van der Waals surface area (Å²) >= 11 is 6.15. The maximum Gasteiger partial charge on any atom is 0.377 e. The number of likely N-dealkylation sites (N-methyl/N-ethyl adjacent to an activating group) is 1. The molecule has 180 valence electrons. The molecular weight excluding hydrogens is 475 g/mol. The molecule has 0 aliphatic carbocycles. The number of aliphatic carboxylic acids is 1. The Morgan fingerprint density at radius 2 is 1.91 bits per heavy atom. The lowest BCUT2D eigenvalue weighted by atomic mass is 10.1. The van der Waals surface area contributed by atoms with E-state index < -0.39 is 28.5 Å². The molecule has 7 nitrogen and oxygen atoms in total. The van der Waals surface area contributed by atoms with Gasteiger partial charge in [0.25, 0.3) is 11.7 Å². The number of carbonyl (C=O) groups is 3. The van der Waals surface area contributed by atoms with E-state index in [4.69, 9.17) is 21.4 Å². The lowest BCUT2D eigenvalue weighted by Crippen LogP contribution is -2.36. The molecule has 1 aliphatic rings. The fraction of sp³-hybridized carbons (Fsp3) is 0.192. The van der Waals surface area contributed by atoms with E-state index in [9.17, 15) is 18.8 Å². The summed E-state index contributed by atoms with van der Waals surface area (Å²) < 4.78 is 20.7. The van der Waals surface area contributed by atoms with Gasteiger partial charge in [0.2, 0.25) is 0 Å². The summed E-state index contributed by atoms with van der Waals surface area (Å²) in [7, 11) is 0. The van der Waals surface area contributed by atoms with Crippen LogP contribution in [-0.4, -0.2) is 42.0 Å². The molecule has 0 saturated carbocycles. The second-order valence-electron chi connectivity index (χ2n) is 7.99. The molecular formula is C26H22ClFN2O5. The molecule has 3 aromatic rings. The van der Waals surface area contributed by atoms with E-state index in [0.29, 0.717) is 0 Å². The summed E-state index contributed by atoms with van der Waals surface area (Å²) in [4.78, 5) is 37.4. The van der Waals surface area contributed by atoms with E-state index in [2.05, 4.69) is 22.3 Å². The van der Waals surface area contributed by atoms with Gasteiger partial charge in [-0.1, -0.05) is 41.9 Å². The predicted octanol–water partition coefficient (Wildman–Crippen LogP) is 4.83. The van der Waals surface area contributed by atoms with Crippen LogP contribution in [0.2, 0.25) is 5.02 Å². The minimum absolute atomic E-state index is 0.0411. The van der Waals surface area contributed by atoms with Crippen molar-refractivity contribution in [3.63, 3.8) is 0 Å². The average Bonchev–Trinajstić information content (AvgIpc) is 3.21. The summed E-state index contributed by atoms with van der Waals surface area (Å²) in [5, 5.41) is 11.0. The van der Waals surface area contributed by atoms with Crippen molar-refractivity contribution >= 4 is 40.6 Å². The Kier molecular flexibility index (Phi) is 7.02. The first kappa shape index (κ1) is 24.2. The van der Waals surface area contributed by atoms with E-state index >= 15 is 0 Å². The van der Waals surface area contributed by atoms with Crippen molar-refractivity contribution in [2.24, 2.45) is 0 Å². The van der Waals surface area contributed by atoms with Crippen LogP contribution in [0.5, 0.6) is 5.75 Å². The number of carboxylic acid groups (broad SMARTS) is 1. The SMILES string of the molecule is CCN1c2ccccc2C[C@@H]1COc1ccc(C(=O)Nc2cccc(C(=O)C(=O)O)c2)c(Cl)c1F. The molecule has 1 atom stereocenters. The molecule has 9 heteroatoms. The zero-order valence-electron chi connectivity index (χ0n) is 18.8. The number of ether oxygens (including phenoxy) is 1. The molecule has 0 fully saturated rings. The van der Waals surface area contributed by atoms with Crippen molar-refractivity contribution in [3.05, 3.63) is 88.2 Å². The van der Waals surface area contributed by atoms with Crippen molar-refractivity contribution in [2.75, 3.05) is 23.4 Å². The Morgan fingerprint density at radius 1 is 1.14 bits per heavy atom. The molecule has 35 heavy (non-hydrogen) atoms. The van der Waals surface area contributed by atoms with Gasteiger partial charge in [0, 0.05) is 23.5 Å². The molecule has 1 heterocycles. The summed E-state index contributed by atoms with van der Waals surface area (Å²) in [5.74, 6) is -4.36. The van der Waals surface area contributed by atoms with Crippen LogP contribution in [0.1, 0.15) is 33.2 Å². The zero-order valence-corrected chi connectivity index (χ0v) is 19.5. The van der Waals surface area contributed by atoms with E-state index in [0.717, 1.165) is 18.7 Å². The van der Waals surface area contributed by atoms with Gasteiger partial charge in [-0.15, -0.1) is 0 Å².